The topological polar surface area (TPSA) is 52.6 Å². The number of ether oxygens (including phenoxy) is 2. The molecule has 1 aromatic rings. The van der Waals surface area contributed by atoms with Gasteiger partial charge in [0.15, 0.2) is 5.41 Å². The maximum absolute atomic E-state index is 12.8. The molecular formula is C18H19IO4. The van der Waals surface area contributed by atoms with Crippen LogP contribution in [0.15, 0.2) is 46.1 Å². The van der Waals surface area contributed by atoms with Gasteiger partial charge >= 0.3 is 11.9 Å². The van der Waals surface area contributed by atoms with Crippen LogP contribution in [0.2, 0.25) is 0 Å². The number of halogens is 1. The van der Waals surface area contributed by atoms with E-state index in [2.05, 4.69) is 22.6 Å². The fraction of sp³-hybridized carbons (Fsp3) is 0.333. The molecule has 0 saturated heterocycles. The first-order chi connectivity index (χ1) is 11.1. The third-order valence-electron chi connectivity index (χ3n) is 3.66. The number of benzene rings is 1. The molecule has 0 fully saturated rings. The standard InChI is InChI=1S/C18H19IO4/c1-3-22-16(20)18(17(21)23-4-2)12-14(19)10-11-15(18)13-8-6-5-7-9-13/h5-11H,3-4,12H2,1-2H3. The van der Waals surface area contributed by atoms with Crippen LogP contribution in [-0.2, 0) is 19.1 Å². The first kappa shape index (κ1) is 17.7. The van der Waals surface area contributed by atoms with Crippen molar-refractivity contribution in [3.63, 3.8) is 0 Å². The Labute approximate surface area is 149 Å². The summed E-state index contributed by atoms with van der Waals surface area (Å²) in [4.78, 5) is 25.5. The minimum atomic E-state index is -1.45. The Morgan fingerprint density at radius 3 is 2.13 bits per heavy atom. The number of carbonyl (C=O) groups is 2. The van der Waals surface area contributed by atoms with E-state index in [9.17, 15) is 9.59 Å². The molecule has 5 heteroatoms. The Bertz CT molecular complexity index is 628. The lowest BCUT2D eigenvalue weighted by molar-refractivity contribution is -0.166. The molecule has 1 aromatic carbocycles. The summed E-state index contributed by atoms with van der Waals surface area (Å²) in [6.45, 7) is 3.88. The molecule has 0 aliphatic heterocycles. The molecule has 0 radical (unpaired) electrons. The van der Waals surface area contributed by atoms with Crippen LogP contribution in [0.5, 0.6) is 0 Å². The second-order valence-electron chi connectivity index (χ2n) is 5.08. The Kier molecular flexibility index (Phi) is 5.98. The minimum Gasteiger partial charge on any atom is -0.465 e. The highest BCUT2D eigenvalue weighted by atomic mass is 127. The third-order valence-corrected chi connectivity index (χ3v) is 4.40. The molecule has 0 N–H and O–H groups in total. The number of rotatable bonds is 5. The average Bonchev–Trinajstić information content (AvgIpc) is 2.55. The number of hydrogen-bond donors (Lipinski definition) is 0. The summed E-state index contributed by atoms with van der Waals surface area (Å²) in [7, 11) is 0. The van der Waals surface area contributed by atoms with Gasteiger partial charge in [0.2, 0.25) is 0 Å². The maximum Gasteiger partial charge on any atom is 0.328 e. The van der Waals surface area contributed by atoms with E-state index in [4.69, 9.17) is 9.47 Å². The summed E-state index contributed by atoms with van der Waals surface area (Å²) >= 11 is 2.14. The van der Waals surface area contributed by atoms with Crippen LogP contribution in [0.3, 0.4) is 0 Å². The van der Waals surface area contributed by atoms with E-state index in [0.717, 1.165) is 9.14 Å². The SMILES string of the molecule is CCOC(=O)C1(C(=O)OCC)CC(I)=CC=C1c1ccccc1. The van der Waals surface area contributed by atoms with Gasteiger partial charge in [-0.3, -0.25) is 9.59 Å². The lowest BCUT2D eigenvalue weighted by Gasteiger charge is -2.33. The Morgan fingerprint density at radius 1 is 1.04 bits per heavy atom. The summed E-state index contributed by atoms with van der Waals surface area (Å²) < 4.78 is 11.4. The molecule has 0 spiro atoms. The van der Waals surface area contributed by atoms with Gasteiger partial charge in [-0.1, -0.05) is 42.5 Å². The van der Waals surface area contributed by atoms with E-state index in [1.807, 2.05) is 42.5 Å². The van der Waals surface area contributed by atoms with Crippen molar-refractivity contribution in [2.45, 2.75) is 20.3 Å². The molecule has 0 saturated carbocycles. The van der Waals surface area contributed by atoms with Crippen LogP contribution in [0.25, 0.3) is 5.57 Å². The summed E-state index contributed by atoms with van der Waals surface area (Å²) in [5, 5.41) is 0. The summed E-state index contributed by atoms with van der Waals surface area (Å²) in [6.07, 6.45) is 3.99. The van der Waals surface area contributed by atoms with Crippen LogP contribution >= 0.6 is 22.6 Å². The van der Waals surface area contributed by atoms with Crippen molar-refractivity contribution >= 4 is 40.1 Å². The van der Waals surface area contributed by atoms with Gasteiger partial charge in [0.25, 0.3) is 0 Å². The average molecular weight is 426 g/mol. The second-order valence-corrected chi connectivity index (χ2v) is 6.47. The molecule has 122 valence electrons. The molecule has 1 aliphatic carbocycles. The Balaban J connectivity index is 2.61. The molecule has 1 aliphatic rings. The van der Waals surface area contributed by atoms with Crippen molar-refractivity contribution in [1.82, 2.24) is 0 Å². The zero-order valence-electron chi connectivity index (χ0n) is 13.2. The molecule has 0 atom stereocenters. The van der Waals surface area contributed by atoms with Crippen molar-refractivity contribution in [3.8, 4) is 0 Å². The highest BCUT2D eigenvalue weighted by Gasteiger charge is 2.53. The van der Waals surface area contributed by atoms with E-state index < -0.39 is 17.4 Å². The van der Waals surface area contributed by atoms with Crippen molar-refractivity contribution in [2.75, 3.05) is 13.2 Å². The Morgan fingerprint density at radius 2 is 1.61 bits per heavy atom. The number of allylic oxidation sites excluding steroid dienone is 3. The van der Waals surface area contributed by atoms with E-state index >= 15 is 0 Å². The van der Waals surface area contributed by atoms with Crippen LogP contribution < -0.4 is 0 Å². The molecule has 4 nitrogen and oxygen atoms in total. The summed E-state index contributed by atoms with van der Waals surface area (Å²) in [6, 6.07) is 9.40. The molecule has 2 rings (SSSR count). The summed E-state index contributed by atoms with van der Waals surface area (Å²) in [5.41, 5.74) is -0.0114. The molecule has 0 bridgehead atoms. The monoisotopic (exact) mass is 426 g/mol. The molecule has 0 amide bonds. The first-order valence-corrected chi connectivity index (χ1v) is 8.60. The van der Waals surface area contributed by atoms with E-state index in [1.165, 1.54) is 0 Å². The molecule has 0 aromatic heterocycles. The van der Waals surface area contributed by atoms with Gasteiger partial charge in [0.1, 0.15) is 0 Å². The lowest BCUT2D eigenvalue weighted by Crippen LogP contribution is -2.44. The predicted molar refractivity (Wildman–Crippen MR) is 96.8 cm³/mol. The van der Waals surface area contributed by atoms with Crippen molar-refractivity contribution in [2.24, 2.45) is 5.41 Å². The molecular weight excluding hydrogens is 407 g/mol. The van der Waals surface area contributed by atoms with Gasteiger partial charge in [-0.25, -0.2) is 0 Å². The van der Waals surface area contributed by atoms with E-state index in [1.54, 1.807) is 13.8 Å². The van der Waals surface area contributed by atoms with Gasteiger partial charge in [-0.15, -0.1) is 0 Å². The van der Waals surface area contributed by atoms with Crippen LogP contribution in [0.1, 0.15) is 25.8 Å². The fourth-order valence-corrected chi connectivity index (χ4v) is 3.39. The maximum atomic E-state index is 12.8. The molecule has 0 unspecified atom stereocenters. The van der Waals surface area contributed by atoms with Crippen molar-refractivity contribution in [1.29, 1.82) is 0 Å². The first-order valence-electron chi connectivity index (χ1n) is 7.53. The molecule has 23 heavy (non-hydrogen) atoms. The Hall–Kier alpha value is -1.63. The number of hydrogen-bond acceptors (Lipinski definition) is 4. The van der Waals surface area contributed by atoms with E-state index in [0.29, 0.717) is 5.57 Å². The quantitative estimate of drug-likeness (QED) is 0.407. The zero-order valence-corrected chi connectivity index (χ0v) is 15.3. The minimum absolute atomic E-state index is 0.211. The van der Waals surface area contributed by atoms with Gasteiger partial charge in [-0.05, 0) is 51.2 Å². The van der Waals surface area contributed by atoms with Gasteiger partial charge in [-0.2, -0.15) is 0 Å². The lowest BCUT2D eigenvalue weighted by atomic mass is 9.72. The van der Waals surface area contributed by atoms with Gasteiger partial charge < -0.3 is 9.47 Å². The van der Waals surface area contributed by atoms with Crippen molar-refractivity contribution in [3.05, 3.63) is 51.6 Å². The van der Waals surface area contributed by atoms with Gasteiger partial charge in [0, 0.05) is 6.42 Å². The van der Waals surface area contributed by atoms with Gasteiger partial charge in [0.05, 0.1) is 13.2 Å². The third kappa shape index (κ3) is 3.49. The largest absolute Gasteiger partial charge is 0.465 e. The highest BCUT2D eigenvalue weighted by molar-refractivity contribution is 14.1. The number of carbonyl (C=O) groups excluding carboxylic acids is 2. The second kappa shape index (κ2) is 7.77. The fourth-order valence-electron chi connectivity index (χ4n) is 2.64. The predicted octanol–water partition coefficient (Wildman–Crippen LogP) is 3.91. The van der Waals surface area contributed by atoms with E-state index in [-0.39, 0.29) is 19.6 Å². The normalized spacial score (nSPS) is 16.1. The smallest absolute Gasteiger partial charge is 0.328 e. The van der Waals surface area contributed by atoms with Crippen LogP contribution in [0, 0.1) is 5.41 Å². The van der Waals surface area contributed by atoms with Crippen LogP contribution in [0.4, 0.5) is 0 Å². The molecule has 0 heterocycles. The zero-order chi connectivity index (χ0) is 16.9. The van der Waals surface area contributed by atoms with Crippen LogP contribution in [-0.4, -0.2) is 25.2 Å². The number of esters is 2. The summed E-state index contributed by atoms with van der Waals surface area (Å²) in [5.74, 6) is -1.12. The highest BCUT2D eigenvalue weighted by Crippen LogP contribution is 2.47. The van der Waals surface area contributed by atoms with Crippen molar-refractivity contribution < 1.29 is 19.1 Å².